The van der Waals surface area contributed by atoms with Gasteiger partial charge in [0, 0.05) is 5.56 Å². The number of fused-ring (bicyclic) bond motifs is 1. The summed E-state index contributed by atoms with van der Waals surface area (Å²) in [5.41, 5.74) is 1.85. The summed E-state index contributed by atoms with van der Waals surface area (Å²) in [7, 11) is 1.65. The van der Waals surface area contributed by atoms with Gasteiger partial charge in [0.05, 0.1) is 12.0 Å². The molecule has 0 saturated carbocycles. The van der Waals surface area contributed by atoms with E-state index in [0.29, 0.717) is 0 Å². The van der Waals surface area contributed by atoms with Crippen LogP contribution in [0.1, 0.15) is 20.8 Å². The third-order valence-corrected chi connectivity index (χ3v) is 4.31. The van der Waals surface area contributed by atoms with Crippen LogP contribution in [0.2, 0.25) is 0 Å². The molecule has 3 heteroatoms. The zero-order chi connectivity index (χ0) is 14.1. The number of hydrogen-bond donors (Lipinski definition) is 0. The van der Waals surface area contributed by atoms with Gasteiger partial charge >= 0.3 is 0 Å². The zero-order valence-electron chi connectivity index (χ0n) is 11.3. The highest BCUT2D eigenvalue weighted by Crippen LogP contribution is 2.24. The van der Waals surface area contributed by atoms with Gasteiger partial charge in [-0.2, -0.15) is 0 Å². The van der Waals surface area contributed by atoms with Crippen LogP contribution in [0, 0.1) is 6.92 Å². The fraction of sp³-hybridized carbons (Fsp3) is 0.118. The van der Waals surface area contributed by atoms with E-state index in [9.17, 15) is 4.79 Å². The molecule has 2 nitrogen and oxygen atoms in total. The highest BCUT2D eigenvalue weighted by Gasteiger charge is 2.11. The standard InChI is InChI=1S/C17H14O2S/c1-11-7-16(20-10-11)17(18)14-4-3-13-9-15(19-2)6-5-12(13)8-14/h3-10H,1-2H3. The van der Waals surface area contributed by atoms with E-state index in [1.54, 1.807) is 7.11 Å². The first-order valence-corrected chi connectivity index (χ1v) is 7.23. The molecule has 1 heterocycles. The van der Waals surface area contributed by atoms with Crippen molar-refractivity contribution in [3.05, 3.63) is 63.8 Å². The fourth-order valence-electron chi connectivity index (χ4n) is 2.18. The minimum absolute atomic E-state index is 0.0841. The number of benzene rings is 2. The van der Waals surface area contributed by atoms with E-state index < -0.39 is 0 Å². The molecule has 0 aliphatic carbocycles. The maximum Gasteiger partial charge on any atom is 0.202 e. The summed E-state index contributed by atoms with van der Waals surface area (Å²) in [5.74, 6) is 0.909. The van der Waals surface area contributed by atoms with Crippen LogP contribution in [0.25, 0.3) is 10.8 Å². The number of rotatable bonds is 3. The number of carbonyl (C=O) groups excluding carboxylic acids is 1. The lowest BCUT2D eigenvalue weighted by atomic mass is 10.0. The molecule has 0 fully saturated rings. The summed E-state index contributed by atoms with van der Waals surface area (Å²) >= 11 is 1.49. The Hall–Kier alpha value is -2.13. The minimum atomic E-state index is 0.0841. The molecule has 3 aromatic rings. The number of ketones is 1. The summed E-state index contributed by atoms with van der Waals surface area (Å²) in [6.07, 6.45) is 0. The Morgan fingerprint density at radius 3 is 2.50 bits per heavy atom. The lowest BCUT2D eigenvalue weighted by molar-refractivity contribution is 0.104. The van der Waals surface area contributed by atoms with Crippen LogP contribution < -0.4 is 4.74 Å². The van der Waals surface area contributed by atoms with E-state index in [0.717, 1.165) is 32.5 Å². The molecule has 0 bridgehead atoms. The van der Waals surface area contributed by atoms with Gasteiger partial charge in [-0.3, -0.25) is 4.79 Å². The topological polar surface area (TPSA) is 26.3 Å². The maximum absolute atomic E-state index is 12.4. The zero-order valence-corrected chi connectivity index (χ0v) is 12.2. The molecular formula is C17H14O2S. The SMILES string of the molecule is COc1ccc2cc(C(=O)c3cc(C)cs3)ccc2c1. The van der Waals surface area contributed by atoms with Crippen molar-refractivity contribution in [2.75, 3.05) is 7.11 Å². The molecule has 0 radical (unpaired) electrons. The number of ether oxygens (including phenoxy) is 1. The van der Waals surface area contributed by atoms with Gasteiger partial charge in [-0.25, -0.2) is 0 Å². The second kappa shape index (κ2) is 5.10. The quantitative estimate of drug-likeness (QED) is 0.663. The molecule has 0 spiro atoms. The number of carbonyl (C=O) groups is 1. The lowest BCUT2D eigenvalue weighted by Gasteiger charge is -2.04. The van der Waals surface area contributed by atoms with Gasteiger partial charge in [0.1, 0.15) is 5.75 Å². The summed E-state index contributed by atoms with van der Waals surface area (Å²) in [4.78, 5) is 13.2. The Morgan fingerprint density at radius 1 is 1.05 bits per heavy atom. The summed E-state index contributed by atoms with van der Waals surface area (Å²) in [5, 5.41) is 4.12. The predicted molar refractivity (Wildman–Crippen MR) is 83.0 cm³/mol. The fourth-order valence-corrected chi connectivity index (χ4v) is 3.04. The monoisotopic (exact) mass is 282 g/mol. The molecule has 0 atom stereocenters. The predicted octanol–water partition coefficient (Wildman–Crippen LogP) is 4.45. The van der Waals surface area contributed by atoms with Crippen LogP contribution in [-0.2, 0) is 0 Å². The largest absolute Gasteiger partial charge is 0.497 e. The van der Waals surface area contributed by atoms with Gasteiger partial charge in [0.2, 0.25) is 5.78 Å². The first kappa shape index (κ1) is 12.9. The van der Waals surface area contributed by atoms with E-state index in [1.807, 2.05) is 54.8 Å². The van der Waals surface area contributed by atoms with E-state index >= 15 is 0 Å². The van der Waals surface area contributed by atoms with Crippen LogP contribution in [0.4, 0.5) is 0 Å². The van der Waals surface area contributed by atoms with Gasteiger partial charge in [-0.15, -0.1) is 11.3 Å². The first-order valence-electron chi connectivity index (χ1n) is 6.35. The highest BCUT2D eigenvalue weighted by atomic mass is 32.1. The average Bonchev–Trinajstić information content (AvgIpc) is 2.92. The molecule has 1 aromatic heterocycles. The third-order valence-electron chi connectivity index (χ3n) is 3.26. The van der Waals surface area contributed by atoms with Crippen LogP contribution in [0.15, 0.2) is 47.8 Å². The molecular weight excluding hydrogens is 268 g/mol. The first-order chi connectivity index (χ1) is 9.67. The van der Waals surface area contributed by atoms with Crippen LogP contribution in [0.3, 0.4) is 0 Å². The molecule has 3 rings (SSSR count). The minimum Gasteiger partial charge on any atom is -0.497 e. The second-order valence-corrected chi connectivity index (χ2v) is 5.66. The van der Waals surface area contributed by atoms with Crippen LogP contribution in [-0.4, -0.2) is 12.9 Å². The summed E-state index contributed by atoms with van der Waals surface area (Å²) < 4.78 is 5.21. The van der Waals surface area contributed by atoms with Gasteiger partial charge in [-0.05, 0) is 52.9 Å². The molecule has 0 unspecified atom stereocenters. The lowest BCUT2D eigenvalue weighted by Crippen LogP contribution is -1.98. The number of aryl methyl sites for hydroxylation is 1. The Balaban J connectivity index is 2.02. The molecule has 2 aromatic carbocycles. The molecule has 0 N–H and O–H groups in total. The third kappa shape index (κ3) is 2.32. The molecule has 100 valence electrons. The van der Waals surface area contributed by atoms with Crippen molar-refractivity contribution >= 4 is 27.9 Å². The number of methoxy groups -OCH3 is 1. The second-order valence-electron chi connectivity index (χ2n) is 4.75. The Labute approximate surface area is 121 Å². The van der Waals surface area contributed by atoms with Crippen molar-refractivity contribution < 1.29 is 9.53 Å². The molecule has 0 aliphatic rings. The van der Waals surface area contributed by atoms with Gasteiger partial charge < -0.3 is 4.74 Å². The van der Waals surface area contributed by atoms with Crippen LogP contribution >= 0.6 is 11.3 Å². The highest BCUT2D eigenvalue weighted by molar-refractivity contribution is 7.12. The Bertz CT molecular complexity index is 787. The van der Waals surface area contributed by atoms with Gasteiger partial charge in [0.25, 0.3) is 0 Å². The molecule has 0 aliphatic heterocycles. The summed E-state index contributed by atoms with van der Waals surface area (Å²) in [6.45, 7) is 2.00. The van der Waals surface area contributed by atoms with E-state index in [4.69, 9.17) is 4.74 Å². The maximum atomic E-state index is 12.4. The molecule has 20 heavy (non-hydrogen) atoms. The molecule has 0 amide bonds. The normalized spacial score (nSPS) is 10.7. The Morgan fingerprint density at radius 2 is 1.80 bits per heavy atom. The van der Waals surface area contributed by atoms with Crippen molar-refractivity contribution in [2.24, 2.45) is 0 Å². The number of thiophene rings is 1. The van der Waals surface area contributed by atoms with Crippen LogP contribution in [0.5, 0.6) is 5.75 Å². The van der Waals surface area contributed by atoms with Crippen molar-refractivity contribution in [1.82, 2.24) is 0 Å². The average molecular weight is 282 g/mol. The van der Waals surface area contributed by atoms with Crippen molar-refractivity contribution in [3.8, 4) is 5.75 Å². The van der Waals surface area contributed by atoms with E-state index in [1.165, 1.54) is 11.3 Å². The summed E-state index contributed by atoms with van der Waals surface area (Å²) in [6, 6.07) is 13.6. The smallest absolute Gasteiger partial charge is 0.202 e. The Kier molecular flexibility index (Phi) is 3.28. The van der Waals surface area contributed by atoms with Crippen molar-refractivity contribution in [3.63, 3.8) is 0 Å². The van der Waals surface area contributed by atoms with Crippen molar-refractivity contribution in [2.45, 2.75) is 6.92 Å². The van der Waals surface area contributed by atoms with Gasteiger partial charge in [-0.1, -0.05) is 18.2 Å². The number of hydrogen-bond acceptors (Lipinski definition) is 3. The van der Waals surface area contributed by atoms with E-state index in [2.05, 4.69) is 0 Å². The molecule has 0 saturated heterocycles. The van der Waals surface area contributed by atoms with Gasteiger partial charge in [0.15, 0.2) is 0 Å². The van der Waals surface area contributed by atoms with Crippen molar-refractivity contribution in [1.29, 1.82) is 0 Å². The van der Waals surface area contributed by atoms with E-state index in [-0.39, 0.29) is 5.78 Å².